The summed E-state index contributed by atoms with van der Waals surface area (Å²) in [7, 11) is 2.04. The van der Waals surface area contributed by atoms with Crippen molar-refractivity contribution in [2.45, 2.75) is 6.54 Å². The van der Waals surface area contributed by atoms with Gasteiger partial charge >= 0.3 is 0 Å². The van der Waals surface area contributed by atoms with Gasteiger partial charge in [-0.25, -0.2) is 0 Å². The van der Waals surface area contributed by atoms with Gasteiger partial charge in [-0.1, -0.05) is 17.7 Å². The standard InChI is InChI=1S/C11H13ClIN3.HI/c1-16-5-4-14-11(16)15-7-8-2-3-10(13)9(12)6-8;/h2-3,6H,4-5,7H2,1H3,(H,14,15);1H. The quantitative estimate of drug-likeness (QED) is 0.664. The number of hydrogen-bond acceptors (Lipinski definition) is 3. The second-order valence-electron chi connectivity index (χ2n) is 3.73. The Labute approximate surface area is 137 Å². The number of nitrogens with zero attached hydrogens (tertiary/aromatic N) is 2. The van der Waals surface area contributed by atoms with E-state index in [0.29, 0.717) is 0 Å². The van der Waals surface area contributed by atoms with Crippen LogP contribution in [0.15, 0.2) is 23.2 Å². The Kier molecular flexibility index (Phi) is 6.28. The maximum absolute atomic E-state index is 6.06. The summed E-state index contributed by atoms with van der Waals surface area (Å²) in [5.41, 5.74) is 1.17. The van der Waals surface area contributed by atoms with E-state index in [-0.39, 0.29) is 24.0 Å². The summed E-state index contributed by atoms with van der Waals surface area (Å²) in [4.78, 5) is 6.49. The third-order valence-electron chi connectivity index (χ3n) is 2.49. The summed E-state index contributed by atoms with van der Waals surface area (Å²) in [5, 5.41) is 4.12. The van der Waals surface area contributed by atoms with Crippen LogP contribution in [0.3, 0.4) is 0 Å². The molecule has 0 aliphatic carbocycles. The Morgan fingerprint density at radius 3 is 2.88 bits per heavy atom. The zero-order valence-electron chi connectivity index (χ0n) is 9.41. The van der Waals surface area contributed by atoms with Crippen LogP contribution in [0.5, 0.6) is 0 Å². The molecule has 94 valence electrons. The SMILES string of the molecule is CN1CCN=C1NCc1ccc(I)c(Cl)c1.I. The van der Waals surface area contributed by atoms with Crippen molar-refractivity contribution >= 4 is 64.1 Å². The summed E-state index contributed by atoms with van der Waals surface area (Å²) < 4.78 is 1.08. The molecule has 1 aliphatic rings. The van der Waals surface area contributed by atoms with Crippen molar-refractivity contribution in [3.8, 4) is 0 Å². The first-order valence-electron chi connectivity index (χ1n) is 5.10. The molecule has 1 heterocycles. The predicted molar refractivity (Wildman–Crippen MR) is 91.4 cm³/mol. The molecule has 0 unspecified atom stereocenters. The average molecular weight is 478 g/mol. The lowest BCUT2D eigenvalue weighted by Crippen LogP contribution is -2.35. The molecule has 0 atom stereocenters. The van der Waals surface area contributed by atoms with Crippen LogP contribution >= 0.6 is 58.2 Å². The van der Waals surface area contributed by atoms with Crippen molar-refractivity contribution < 1.29 is 0 Å². The van der Waals surface area contributed by atoms with Crippen molar-refractivity contribution in [1.82, 2.24) is 10.2 Å². The lowest BCUT2D eigenvalue weighted by atomic mass is 10.2. The first-order chi connectivity index (χ1) is 7.66. The molecule has 1 aliphatic heterocycles. The minimum atomic E-state index is 0. The maximum Gasteiger partial charge on any atom is 0.194 e. The Bertz CT molecular complexity index is 423. The Morgan fingerprint density at radius 1 is 1.53 bits per heavy atom. The Hall–Kier alpha value is 0.240. The highest BCUT2D eigenvalue weighted by Crippen LogP contribution is 2.19. The lowest BCUT2D eigenvalue weighted by molar-refractivity contribution is 0.534. The van der Waals surface area contributed by atoms with E-state index in [1.165, 1.54) is 5.56 Å². The van der Waals surface area contributed by atoms with Gasteiger partial charge in [-0.2, -0.15) is 0 Å². The zero-order chi connectivity index (χ0) is 11.5. The van der Waals surface area contributed by atoms with E-state index in [9.17, 15) is 0 Å². The molecule has 1 aromatic rings. The van der Waals surface area contributed by atoms with Crippen LogP contribution in [-0.2, 0) is 6.54 Å². The number of nitrogens with one attached hydrogen (secondary N) is 1. The first kappa shape index (κ1) is 15.3. The van der Waals surface area contributed by atoms with Crippen LogP contribution in [0.2, 0.25) is 5.02 Å². The van der Waals surface area contributed by atoms with E-state index in [4.69, 9.17) is 11.6 Å². The Morgan fingerprint density at radius 2 is 2.29 bits per heavy atom. The highest BCUT2D eigenvalue weighted by Gasteiger charge is 2.11. The van der Waals surface area contributed by atoms with E-state index < -0.39 is 0 Å². The van der Waals surface area contributed by atoms with Gasteiger partial charge in [-0.05, 0) is 40.3 Å². The predicted octanol–water partition coefficient (Wildman–Crippen LogP) is 2.95. The number of rotatable bonds is 2. The molecule has 0 saturated heterocycles. The van der Waals surface area contributed by atoms with Crippen LogP contribution in [0, 0.1) is 3.57 Å². The number of benzene rings is 1. The number of hydrogen-bond donors (Lipinski definition) is 1. The molecule has 3 nitrogen and oxygen atoms in total. The molecule has 6 heteroatoms. The third kappa shape index (κ3) is 4.13. The van der Waals surface area contributed by atoms with Gasteiger partial charge in [-0.3, -0.25) is 4.99 Å². The van der Waals surface area contributed by atoms with Crippen LogP contribution in [0.4, 0.5) is 0 Å². The van der Waals surface area contributed by atoms with Crippen LogP contribution in [-0.4, -0.2) is 31.0 Å². The van der Waals surface area contributed by atoms with E-state index in [1.54, 1.807) is 0 Å². The van der Waals surface area contributed by atoms with E-state index in [0.717, 1.165) is 34.2 Å². The molecule has 0 radical (unpaired) electrons. The van der Waals surface area contributed by atoms with Gasteiger partial charge in [0.25, 0.3) is 0 Å². The normalized spacial score (nSPS) is 14.3. The second-order valence-corrected chi connectivity index (χ2v) is 5.30. The van der Waals surface area contributed by atoms with Crippen molar-refractivity contribution in [1.29, 1.82) is 0 Å². The molecule has 0 spiro atoms. The van der Waals surface area contributed by atoms with Crippen LogP contribution < -0.4 is 5.32 Å². The fourth-order valence-electron chi connectivity index (χ4n) is 1.55. The molecular weight excluding hydrogens is 463 g/mol. The third-order valence-corrected chi connectivity index (χ3v) is 4.07. The monoisotopic (exact) mass is 477 g/mol. The summed E-state index contributed by atoms with van der Waals surface area (Å²) in [5.74, 6) is 0.967. The zero-order valence-corrected chi connectivity index (χ0v) is 14.7. The molecule has 17 heavy (non-hydrogen) atoms. The molecule has 0 aromatic heterocycles. The van der Waals surface area contributed by atoms with Crippen molar-refractivity contribution in [3.05, 3.63) is 32.4 Å². The van der Waals surface area contributed by atoms with Crippen molar-refractivity contribution in [3.63, 3.8) is 0 Å². The minimum Gasteiger partial charge on any atom is -0.352 e. The average Bonchev–Trinajstić information content (AvgIpc) is 2.66. The van der Waals surface area contributed by atoms with Gasteiger partial charge in [0.2, 0.25) is 0 Å². The highest BCUT2D eigenvalue weighted by molar-refractivity contribution is 14.1. The van der Waals surface area contributed by atoms with Gasteiger partial charge in [0.1, 0.15) is 0 Å². The van der Waals surface area contributed by atoms with Gasteiger partial charge < -0.3 is 10.2 Å². The topological polar surface area (TPSA) is 27.6 Å². The van der Waals surface area contributed by atoms with E-state index in [1.807, 2.05) is 19.2 Å². The minimum absolute atomic E-state index is 0. The van der Waals surface area contributed by atoms with Gasteiger partial charge in [0.15, 0.2) is 5.96 Å². The smallest absolute Gasteiger partial charge is 0.194 e. The number of halogens is 3. The fourth-order valence-corrected chi connectivity index (χ4v) is 2.09. The van der Waals surface area contributed by atoms with Gasteiger partial charge in [0.05, 0.1) is 11.6 Å². The molecule has 0 fully saturated rings. The van der Waals surface area contributed by atoms with Crippen molar-refractivity contribution in [2.75, 3.05) is 20.1 Å². The highest BCUT2D eigenvalue weighted by atomic mass is 127. The van der Waals surface area contributed by atoms with Crippen LogP contribution in [0.25, 0.3) is 0 Å². The summed E-state index contributed by atoms with van der Waals surface area (Å²) in [6, 6.07) is 6.10. The fraction of sp³-hybridized carbons (Fsp3) is 0.364. The van der Waals surface area contributed by atoms with Crippen molar-refractivity contribution in [2.24, 2.45) is 4.99 Å². The molecular formula is C11H14ClI2N3. The molecule has 1 N–H and O–H groups in total. The Balaban J connectivity index is 0.00000144. The molecule has 1 aromatic carbocycles. The van der Waals surface area contributed by atoms with Gasteiger partial charge in [-0.15, -0.1) is 24.0 Å². The molecule has 0 amide bonds. The van der Waals surface area contributed by atoms with Gasteiger partial charge in [0, 0.05) is 23.7 Å². The van der Waals surface area contributed by atoms with E-state index in [2.05, 4.69) is 43.9 Å². The molecule has 2 rings (SSSR count). The number of guanidine groups is 1. The summed E-state index contributed by atoms with van der Waals surface area (Å²) >= 11 is 8.29. The second kappa shape index (κ2) is 6.98. The van der Waals surface area contributed by atoms with Crippen LogP contribution in [0.1, 0.15) is 5.56 Å². The summed E-state index contributed by atoms with van der Waals surface area (Å²) in [6.45, 7) is 2.64. The number of likely N-dealkylation sites (N-methyl/N-ethyl adjacent to an activating group) is 1. The molecule has 0 saturated carbocycles. The maximum atomic E-state index is 6.06. The number of aliphatic imine (C=N–C) groups is 1. The summed E-state index contributed by atoms with van der Waals surface area (Å²) in [6.07, 6.45) is 0. The lowest BCUT2D eigenvalue weighted by Gasteiger charge is -2.15. The largest absolute Gasteiger partial charge is 0.352 e. The first-order valence-corrected chi connectivity index (χ1v) is 6.56. The molecule has 0 bridgehead atoms. The van der Waals surface area contributed by atoms with E-state index >= 15 is 0 Å².